The summed E-state index contributed by atoms with van der Waals surface area (Å²) in [5.41, 5.74) is 2.31. The Morgan fingerprint density at radius 3 is 2.53 bits per heavy atom. The van der Waals surface area contributed by atoms with Crippen molar-refractivity contribution in [3.05, 3.63) is 63.1 Å². The number of nitro benzene ring substituents is 1. The number of aromatic amines is 2. The number of para-hydroxylation sites is 2. The van der Waals surface area contributed by atoms with Crippen LogP contribution in [-0.4, -0.2) is 57.9 Å². The van der Waals surface area contributed by atoms with Gasteiger partial charge < -0.3 is 20.2 Å². The number of anilines is 2. The fourth-order valence-electron chi connectivity index (χ4n) is 3.76. The fourth-order valence-corrected chi connectivity index (χ4v) is 3.76. The number of carbonyl (C=O) groups is 1. The largest absolute Gasteiger partial charge is 0.363 e. The lowest BCUT2D eigenvalue weighted by Crippen LogP contribution is -2.52. The molecule has 1 atom stereocenters. The molecule has 0 radical (unpaired) electrons. The second-order valence-corrected chi connectivity index (χ2v) is 7.27. The third-order valence-electron chi connectivity index (χ3n) is 5.44. The van der Waals surface area contributed by atoms with Gasteiger partial charge in [0.25, 0.3) is 5.69 Å². The van der Waals surface area contributed by atoms with E-state index < -0.39 is 0 Å². The first kappa shape index (κ1) is 19.6. The smallest absolute Gasteiger partial charge is 0.323 e. The number of nitrogens with one attached hydrogen (secondary N) is 3. The molecular weight excluding hydrogens is 388 g/mol. The maximum atomic E-state index is 12.7. The van der Waals surface area contributed by atoms with E-state index in [1.807, 2.05) is 11.8 Å². The summed E-state index contributed by atoms with van der Waals surface area (Å²) in [5.74, 6) is -0.147. The number of hydrogen-bond acceptors (Lipinski definition) is 6. The van der Waals surface area contributed by atoms with Crippen molar-refractivity contribution >= 4 is 34.0 Å². The molecule has 10 nitrogen and oxygen atoms in total. The van der Waals surface area contributed by atoms with Crippen LogP contribution in [0.5, 0.6) is 0 Å². The van der Waals surface area contributed by atoms with Gasteiger partial charge in [0.15, 0.2) is 0 Å². The second kappa shape index (κ2) is 7.99. The highest BCUT2D eigenvalue weighted by molar-refractivity contribution is 5.96. The molecular formula is C20H22N6O4. The third-order valence-corrected chi connectivity index (χ3v) is 5.44. The van der Waals surface area contributed by atoms with Gasteiger partial charge in [-0.15, -0.1) is 0 Å². The minimum atomic E-state index is -0.369. The van der Waals surface area contributed by atoms with Crippen LogP contribution >= 0.6 is 0 Å². The zero-order valence-electron chi connectivity index (χ0n) is 16.4. The first-order valence-corrected chi connectivity index (χ1v) is 9.68. The highest BCUT2D eigenvalue weighted by atomic mass is 16.6. The second-order valence-electron chi connectivity index (χ2n) is 7.27. The van der Waals surface area contributed by atoms with Crippen molar-refractivity contribution in [3.8, 4) is 0 Å². The normalized spacial score (nSPS) is 15.8. The number of fused-ring (bicyclic) bond motifs is 1. The highest BCUT2D eigenvalue weighted by Gasteiger charge is 2.28. The molecule has 0 spiro atoms. The molecule has 1 aromatic heterocycles. The maximum Gasteiger partial charge on any atom is 0.323 e. The van der Waals surface area contributed by atoms with Gasteiger partial charge in [-0.05, 0) is 31.2 Å². The van der Waals surface area contributed by atoms with Crippen molar-refractivity contribution < 1.29 is 9.72 Å². The summed E-state index contributed by atoms with van der Waals surface area (Å²) in [6.07, 6.45) is 0. The average molecular weight is 410 g/mol. The number of benzene rings is 2. The molecule has 30 heavy (non-hydrogen) atoms. The molecule has 1 amide bonds. The van der Waals surface area contributed by atoms with E-state index in [1.165, 1.54) is 6.07 Å². The Labute approximate surface area is 171 Å². The van der Waals surface area contributed by atoms with E-state index in [0.29, 0.717) is 48.6 Å². The van der Waals surface area contributed by atoms with Gasteiger partial charge in [-0.2, -0.15) is 0 Å². The van der Waals surface area contributed by atoms with Gasteiger partial charge in [-0.25, -0.2) is 4.79 Å². The molecule has 3 N–H and O–H groups in total. The number of carbonyl (C=O) groups excluding carboxylic acids is 1. The Morgan fingerprint density at radius 1 is 1.10 bits per heavy atom. The van der Waals surface area contributed by atoms with Crippen LogP contribution in [0.2, 0.25) is 0 Å². The van der Waals surface area contributed by atoms with E-state index in [9.17, 15) is 19.7 Å². The summed E-state index contributed by atoms with van der Waals surface area (Å²) >= 11 is 0. The Bertz CT molecular complexity index is 1150. The van der Waals surface area contributed by atoms with Crippen molar-refractivity contribution in [1.82, 2.24) is 14.9 Å². The van der Waals surface area contributed by atoms with Gasteiger partial charge in [-0.1, -0.05) is 12.1 Å². The fraction of sp³-hybridized carbons (Fsp3) is 0.300. The van der Waals surface area contributed by atoms with Crippen LogP contribution < -0.4 is 15.9 Å². The minimum absolute atomic E-state index is 0.0925. The Morgan fingerprint density at radius 2 is 1.80 bits per heavy atom. The van der Waals surface area contributed by atoms with Gasteiger partial charge in [0, 0.05) is 37.9 Å². The van der Waals surface area contributed by atoms with E-state index in [4.69, 9.17) is 0 Å². The van der Waals surface area contributed by atoms with Crippen LogP contribution in [0, 0.1) is 10.1 Å². The monoisotopic (exact) mass is 410 g/mol. The predicted octanol–water partition coefficient (Wildman–Crippen LogP) is 1.91. The number of nitro groups is 1. The Hall–Kier alpha value is -3.66. The molecule has 0 bridgehead atoms. The van der Waals surface area contributed by atoms with Crippen molar-refractivity contribution in [2.45, 2.75) is 13.0 Å². The van der Waals surface area contributed by atoms with Crippen LogP contribution in [0.1, 0.15) is 6.92 Å². The summed E-state index contributed by atoms with van der Waals surface area (Å²) in [7, 11) is 0. The van der Waals surface area contributed by atoms with E-state index in [0.717, 1.165) is 0 Å². The lowest BCUT2D eigenvalue weighted by Gasteiger charge is -2.38. The lowest BCUT2D eigenvalue weighted by atomic mass is 10.1. The number of imidazole rings is 1. The first-order valence-electron chi connectivity index (χ1n) is 9.68. The van der Waals surface area contributed by atoms with Crippen LogP contribution in [0.4, 0.5) is 17.1 Å². The van der Waals surface area contributed by atoms with Crippen molar-refractivity contribution in [2.75, 3.05) is 36.4 Å². The van der Waals surface area contributed by atoms with Gasteiger partial charge in [-0.3, -0.25) is 19.8 Å². The van der Waals surface area contributed by atoms with E-state index in [2.05, 4.69) is 20.2 Å². The summed E-state index contributed by atoms with van der Waals surface area (Å²) in [5, 5.41) is 14.2. The van der Waals surface area contributed by atoms with Crippen LogP contribution in [0.25, 0.3) is 11.0 Å². The van der Waals surface area contributed by atoms with E-state index in [-0.39, 0.29) is 28.2 Å². The summed E-state index contributed by atoms with van der Waals surface area (Å²) < 4.78 is 0. The number of rotatable bonds is 5. The number of aromatic nitrogens is 2. The molecule has 2 heterocycles. The number of hydrogen-bond donors (Lipinski definition) is 3. The van der Waals surface area contributed by atoms with Crippen molar-refractivity contribution in [1.29, 1.82) is 0 Å². The van der Waals surface area contributed by atoms with Crippen LogP contribution in [0.15, 0.2) is 47.3 Å². The number of piperazine rings is 1. The minimum Gasteiger partial charge on any atom is -0.363 e. The molecule has 2 aromatic carbocycles. The topological polar surface area (TPSA) is 127 Å². The first-order chi connectivity index (χ1) is 14.4. The molecule has 0 saturated carbocycles. The standard InChI is InChI=1S/C20H22N6O4/c1-13(19(27)21-14-6-7-15-16(12-14)23-20(28)22-15)24-8-10-25(11-9-24)17-4-2-3-5-18(17)26(29)30/h2-7,12-13H,8-11H2,1H3,(H,21,27)(H2,22,23,28). The SMILES string of the molecule is CC(C(=O)Nc1ccc2[nH]c(=O)[nH]c2c1)N1CCN(c2ccccc2[N+](=O)[O-])CC1. The Kier molecular flexibility index (Phi) is 5.23. The molecule has 156 valence electrons. The number of nitrogens with zero attached hydrogens (tertiary/aromatic N) is 3. The maximum absolute atomic E-state index is 12.7. The predicted molar refractivity (Wildman–Crippen MR) is 114 cm³/mol. The summed E-state index contributed by atoms with van der Waals surface area (Å²) in [4.78, 5) is 44.4. The van der Waals surface area contributed by atoms with Gasteiger partial charge in [0.1, 0.15) is 5.69 Å². The lowest BCUT2D eigenvalue weighted by molar-refractivity contribution is -0.384. The summed E-state index contributed by atoms with van der Waals surface area (Å²) in [6.45, 7) is 4.26. The molecule has 1 fully saturated rings. The number of H-pyrrole nitrogens is 2. The van der Waals surface area contributed by atoms with Crippen LogP contribution in [-0.2, 0) is 4.79 Å². The molecule has 0 aliphatic carbocycles. The van der Waals surface area contributed by atoms with Crippen LogP contribution in [0.3, 0.4) is 0 Å². The number of amides is 1. The van der Waals surface area contributed by atoms with E-state index in [1.54, 1.807) is 36.4 Å². The van der Waals surface area contributed by atoms with E-state index >= 15 is 0 Å². The Balaban J connectivity index is 1.38. The third kappa shape index (κ3) is 3.90. The van der Waals surface area contributed by atoms with Gasteiger partial charge in [0.05, 0.1) is 22.0 Å². The van der Waals surface area contributed by atoms with Crippen molar-refractivity contribution in [2.24, 2.45) is 0 Å². The molecule has 1 saturated heterocycles. The van der Waals surface area contributed by atoms with Gasteiger partial charge in [0.2, 0.25) is 5.91 Å². The highest BCUT2D eigenvalue weighted by Crippen LogP contribution is 2.28. The molecule has 3 aromatic rings. The zero-order valence-corrected chi connectivity index (χ0v) is 16.4. The molecule has 1 unspecified atom stereocenters. The molecule has 10 heteroatoms. The summed E-state index contributed by atoms with van der Waals surface area (Å²) in [6, 6.07) is 11.5. The zero-order chi connectivity index (χ0) is 21.3. The van der Waals surface area contributed by atoms with Gasteiger partial charge >= 0.3 is 5.69 Å². The van der Waals surface area contributed by atoms with Crippen molar-refractivity contribution in [3.63, 3.8) is 0 Å². The average Bonchev–Trinajstić information content (AvgIpc) is 3.12. The molecule has 1 aliphatic rings. The molecule has 1 aliphatic heterocycles. The quantitative estimate of drug-likeness (QED) is 0.436. The molecule has 4 rings (SSSR count).